The number of hydrogen-bond donors (Lipinski definition) is 1. The average molecular weight is 345 g/mol. The predicted molar refractivity (Wildman–Crippen MR) is 95.5 cm³/mol. The van der Waals surface area contributed by atoms with Gasteiger partial charge in [-0.05, 0) is 31.4 Å². The van der Waals surface area contributed by atoms with Gasteiger partial charge in [0.25, 0.3) is 0 Å². The van der Waals surface area contributed by atoms with Crippen LogP contribution in [0.4, 0.5) is 4.79 Å². The van der Waals surface area contributed by atoms with E-state index in [2.05, 4.69) is 23.5 Å². The van der Waals surface area contributed by atoms with Crippen molar-refractivity contribution in [2.45, 2.75) is 25.2 Å². The van der Waals surface area contributed by atoms with Gasteiger partial charge >= 0.3 is 6.03 Å². The number of carbonyl (C=O) groups excluding carboxylic acids is 1. The minimum atomic E-state index is 0.0627. The molecule has 2 fully saturated rings. The molecule has 2 atom stereocenters. The molecule has 2 amide bonds. The summed E-state index contributed by atoms with van der Waals surface area (Å²) < 4.78 is 6.60. The third-order valence-electron chi connectivity index (χ3n) is 4.93. The molecular formula is C18H23N3O2S. The Kier molecular flexibility index (Phi) is 4.67. The monoisotopic (exact) mass is 345 g/mol. The quantitative estimate of drug-likeness (QED) is 0.929. The molecule has 4 rings (SSSR count). The van der Waals surface area contributed by atoms with Crippen LogP contribution >= 0.6 is 11.3 Å². The van der Waals surface area contributed by atoms with Crippen LogP contribution in [-0.4, -0.2) is 48.8 Å². The Morgan fingerprint density at radius 2 is 2.29 bits per heavy atom. The van der Waals surface area contributed by atoms with Crippen LogP contribution in [0, 0.1) is 5.92 Å². The van der Waals surface area contributed by atoms with Crippen molar-refractivity contribution in [3.63, 3.8) is 0 Å². The molecule has 0 bridgehead atoms. The largest absolute Gasteiger partial charge is 0.381 e. The van der Waals surface area contributed by atoms with Crippen LogP contribution in [0.3, 0.4) is 0 Å². The van der Waals surface area contributed by atoms with Crippen molar-refractivity contribution in [2.75, 3.05) is 32.8 Å². The first-order valence-electron chi connectivity index (χ1n) is 8.75. The number of benzene rings is 1. The van der Waals surface area contributed by atoms with Gasteiger partial charge in [0.1, 0.15) is 0 Å². The Balaban J connectivity index is 1.38. The van der Waals surface area contributed by atoms with Crippen LogP contribution < -0.4 is 5.32 Å². The van der Waals surface area contributed by atoms with Crippen molar-refractivity contribution in [1.82, 2.24) is 15.2 Å². The molecule has 3 heterocycles. The second-order valence-corrected chi connectivity index (χ2v) is 7.78. The van der Waals surface area contributed by atoms with Gasteiger partial charge in [0, 0.05) is 38.1 Å². The number of urea groups is 1. The number of nitrogens with zero attached hydrogens (tertiary/aromatic N) is 2. The fourth-order valence-corrected chi connectivity index (χ4v) is 4.61. The Labute approximate surface area is 146 Å². The number of ether oxygens (including phenoxy) is 1. The first-order chi connectivity index (χ1) is 11.8. The lowest BCUT2D eigenvalue weighted by Crippen LogP contribution is -2.46. The van der Waals surface area contributed by atoms with Gasteiger partial charge < -0.3 is 15.0 Å². The highest BCUT2D eigenvalue weighted by molar-refractivity contribution is 7.18. The highest BCUT2D eigenvalue weighted by Crippen LogP contribution is 2.32. The number of thiazole rings is 1. The Morgan fingerprint density at radius 3 is 3.12 bits per heavy atom. The van der Waals surface area contributed by atoms with Crippen molar-refractivity contribution >= 4 is 27.6 Å². The first-order valence-corrected chi connectivity index (χ1v) is 9.57. The standard InChI is InChI=1S/C18H23N3O2S/c22-18(19-10-13-7-9-23-12-13)21-8-3-4-14(11-21)17-20-15-5-1-2-6-16(15)24-17/h1-2,5-6,13-14H,3-4,7-12H2,(H,19,22)/t13-,14+/m0/s1. The van der Waals surface area contributed by atoms with Gasteiger partial charge in [-0.1, -0.05) is 12.1 Å². The minimum Gasteiger partial charge on any atom is -0.381 e. The van der Waals surface area contributed by atoms with Gasteiger partial charge in [-0.25, -0.2) is 9.78 Å². The number of carbonyl (C=O) groups is 1. The van der Waals surface area contributed by atoms with E-state index in [4.69, 9.17) is 9.72 Å². The van der Waals surface area contributed by atoms with E-state index in [0.29, 0.717) is 11.8 Å². The normalized spacial score (nSPS) is 24.4. The van der Waals surface area contributed by atoms with Crippen molar-refractivity contribution < 1.29 is 9.53 Å². The number of piperidine rings is 1. The second kappa shape index (κ2) is 7.07. The fourth-order valence-electron chi connectivity index (χ4n) is 3.52. The zero-order chi connectivity index (χ0) is 16.4. The van der Waals surface area contributed by atoms with E-state index in [-0.39, 0.29) is 6.03 Å². The molecule has 2 aromatic rings. The molecule has 0 saturated carbocycles. The van der Waals surface area contributed by atoms with Crippen LogP contribution in [0.15, 0.2) is 24.3 Å². The van der Waals surface area contributed by atoms with Gasteiger partial charge in [0.05, 0.1) is 21.8 Å². The molecule has 6 heteroatoms. The maximum atomic E-state index is 12.5. The average Bonchev–Trinajstić information content (AvgIpc) is 3.29. The van der Waals surface area contributed by atoms with E-state index in [1.807, 2.05) is 11.0 Å². The number of nitrogens with one attached hydrogen (secondary N) is 1. The van der Waals surface area contributed by atoms with Crippen LogP contribution in [0.2, 0.25) is 0 Å². The van der Waals surface area contributed by atoms with Crippen LogP contribution in [0.25, 0.3) is 10.2 Å². The minimum absolute atomic E-state index is 0.0627. The summed E-state index contributed by atoms with van der Waals surface area (Å²) >= 11 is 1.77. The van der Waals surface area contributed by atoms with Crippen LogP contribution in [0.5, 0.6) is 0 Å². The summed E-state index contributed by atoms with van der Waals surface area (Å²) in [5.41, 5.74) is 1.07. The molecule has 0 unspecified atom stereocenters. The van der Waals surface area contributed by atoms with Crippen molar-refractivity contribution in [3.8, 4) is 0 Å². The van der Waals surface area contributed by atoms with E-state index < -0.39 is 0 Å². The van der Waals surface area contributed by atoms with E-state index in [1.165, 1.54) is 4.70 Å². The van der Waals surface area contributed by atoms with E-state index >= 15 is 0 Å². The predicted octanol–water partition coefficient (Wildman–Crippen LogP) is 3.22. The van der Waals surface area contributed by atoms with Gasteiger partial charge in [-0.2, -0.15) is 0 Å². The molecule has 2 saturated heterocycles. The highest BCUT2D eigenvalue weighted by Gasteiger charge is 2.27. The molecule has 1 N–H and O–H groups in total. The maximum Gasteiger partial charge on any atom is 0.317 e. The van der Waals surface area contributed by atoms with Crippen molar-refractivity contribution in [3.05, 3.63) is 29.3 Å². The zero-order valence-corrected chi connectivity index (χ0v) is 14.6. The smallest absolute Gasteiger partial charge is 0.317 e. The SMILES string of the molecule is O=C(NC[C@@H]1CCOC1)N1CCC[C@@H](c2nc3ccccc3s2)C1. The van der Waals surface area contributed by atoms with Crippen LogP contribution in [0.1, 0.15) is 30.2 Å². The number of amides is 2. The Bertz CT molecular complexity index is 678. The lowest BCUT2D eigenvalue weighted by Gasteiger charge is -2.32. The number of aromatic nitrogens is 1. The molecule has 5 nitrogen and oxygen atoms in total. The topological polar surface area (TPSA) is 54.5 Å². The number of likely N-dealkylation sites (tertiary alicyclic amines) is 1. The second-order valence-electron chi connectivity index (χ2n) is 6.72. The van der Waals surface area contributed by atoms with Crippen molar-refractivity contribution in [2.24, 2.45) is 5.92 Å². The Morgan fingerprint density at radius 1 is 1.38 bits per heavy atom. The number of hydrogen-bond acceptors (Lipinski definition) is 4. The third kappa shape index (κ3) is 3.39. The van der Waals surface area contributed by atoms with Gasteiger partial charge in [-0.15, -0.1) is 11.3 Å². The summed E-state index contributed by atoms with van der Waals surface area (Å²) in [4.78, 5) is 19.2. The van der Waals surface area contributed by atoms with Gasteiger partial charge in [0.2, 0.25) is 0 Å². The zero-order valence-electron chi connectivity index (χ0n) is 13.7. The highest BCUT2D eigenvalue weighted by atomic mass is 32.1. The van der Waals surface area contributed by atoms with E-state index in [0.717, 1.165) is 62.6 Å². The Hall–Kier alpha value is -1.66. The fraction of sp³-hybridized carbons (Fsp3) is 0.556. The lowest BCUT2D eigenvalue weighted by atomic mass is 9.99. The molecule has 2 aliphatic heterocycles. The molecule has 24 heavy (non-hydrogen) atoms. The van der Waals surface area contributed by atoms with E-state index in [1.54, 1.807) is 11.3 Å². The van der Waals surface area contributed by atoms with Gasteiger partial charge in [0.15, 0.2) is 0 Å². The lowest BCUT2D eigenvalue weighted by molar-refractivity contribution is 0.172. The molecule has 1 aromatic heterocycles. The summed E-state index contributed by atoms with van der Waals surface area (Å²) in [6.45, 7) is 3.93. The third-order valence-corrected chi connectivity index (χ3v) is 6.13. The number of rotatable bonds is 3. The summed E-state index contributed by atoms with van der Waals surface area (Å²) in [7, 11) is 0. The van der Waals surface area contributed by atoms with E-state index in [9.17, 15) is 4.79 Å². The van der Waals surface area contributed by atoms with Crippen LogP contribution in [-0.2, 0) is 4.74 Å². The summed E-state index contributed by atoms with van der Waals surface area (Å²) in [5, 5.41) is 4.25. The summed E-state index contributed by atoms with van der Waals surface area (Å²) in [6.07, 6.45) is 3.20. The number of para-hydroxylation sites is 1. The number of fused-ring (bicyclic) bond motifs is 1. The first kappa shape index (κ1) is 15.8. The molecule has 0 radical (unpaired) electrons. The van der Waals surface area contributed by atoms with Gasteiger partial charge in [-0.3, -0.25) is 0 Å². The molecule has 0 aliphatic carbocycles. The molecule has 2 aliphatic rings. The molecule has 1 aromatic carbocycles. The summed E-state index contributed by atoms with van der Waals surface area (Å²) in [6, 6.07) is 8.32. The summed E-state index contributed by atoms with van der Waals surface area (Å²) in [5.74, 6) is 0.829. The molecule has 128 valence electrons. The molecular weight excluding hydrogens is 322 g/mol. The molecule has 0 spiro atoms. The maximum absolute atomic E-state index is 12.5. The van der Waals surface area contributed by atoms with Crippen molar-refractivity contribution in [1.29, 1.82) is 0 Å².